The molecule has 0 saturated heterocycles. The Labute approximate surface area is 107 Å². The third-order valence-corrected chi connectivity index (χ3v) is 2.77. The van der Waals surface area contributed by atoms with E-state index in [-0.39, 0.29) is 5.91 Å². The van der Waals surface area contributed by atoms with Crippen LogP contribution in [0, 0.1) is 13.8 Å². The highest BCUT2D eigenvalue weighted by atomic mass is 16.1. The van der Waals surface area contributed by atoms with Crippen LogP contribution in [-0.2, 0) is 11.2 Å². The first-order valence-corrected chi connectivity index (χ1v) is 5.91. The highest BCUT2D eigenvalue weighted by molar-refractivity contribution is 5.92. The van der Waals surface area contributed by atoms with E-state index >= 15 is 0 Å². The van der Waals surface area contributed by atoms with Gasteiger partial charge in [-0.15, -0.1) is 0 Å². The highest BCUT2D eigenvalue weighted by Crippen LogP contribution is 2.16. The quantitative estimate of drug-likeness (QED) is 0.896. The van der Waals surface area contributed by atoms with Gasteiger partial charge in [-0.25, -0.2) is 0 Å². The van der Waals surface area contributed by atoms with Gasteiger partial charge in [-0.1, -0.05) is 17.7 Å². The number of amides is 1. The van der Waals surface area contributed by atoms with Crippen LogP contribution in [0.3, 0.4) is 0 Å². The van der Waals surface area contributed by atoms with Crippen molar-refractivity contribution in [2.75, 3.05) is 5.32 Å². The van der Waals surface area contributed by atoms with Gasteiger partial charge in [0.1, 0.15) is 0 Å². The number of hydrogen-bond acceptors (Lipinski definition) is 2. The van der Waals surface area contributed by atoms with Gasteiger partial charge in [0.15, 0.2) is 0 Å². The van der Waals surface area contributed by atoms with Crippen molar-refractivity contribution in [1.29, 1.82) is 0 Å². The Balaban J connectivity index is 2.03. The van der Waals surface area contributed by atoms with E-state index in [1.165, 1.54) is 5.56 Å². The van der Waals surface area contributed by atoms with Gasteiger partial charge in [0, 0.05) is 18.1 Å². The molecule has 3 nitrogen and oxygen atoms in total. The standard InChI is InChI=1S/C15H16N2O/c1-11-3-4-14(12(2)9-11)17-15(18)10-13-5-7-16-8-6-13/h3-9H,10H2,1-2H3,(H,17,18). The Hall–Kier alpha value is -2.16. The fourth-order valence-electron chi connectivity index (χ4n) is 1.83. The molecule has 1 amide bonds. The molecule has 1 heterocycles. The average molecular weight is 240 g/mol. The molecule has 1 N–H and O–H groups in total. The van der Waals surface area contributed by atoms with E-state index in [4.69, 9.17) is 0 Å². The molecule has 1 aromatic heterocycles. The molecular weight excluding hydrogens is 224 g/mol. The molecule has 2 aromatic rings. The van der Waals surface area contributed by atoms with Gasteiger partial charge in [0.25, 0.3) is 0 Å². The summed E-state index contributed by atoms with van der Waals surface area (Å²) < 4.78 is 0. The fourth-order valence-corrected chi connectivity index (χ4v) is 1.83. The number of benzene rings is 1. The van der Waals surface area contributed by atoms with Crippen LogP contribution in [0.1, 0.15) is 16.7 Å². The normalized spacial score (nSPS) is 10.1. The van der Waals surface area contributed by atoms with Crippen LogP contribution in [-0.4, -0.2) is 10.9 Å². The Bertz CT molecular complexity index is 550. The van der Waals surface area contributed by atoms with E-state index in [0.29, 0.717) is 6.42 Å². The number of anilines is 1. The summed E-state index contributed by atoms with van der Waals surface area (Å²) >= 11 is 0. The summed E-state index contributed by atoms with van der Waals surface area (Å²) in [5.41, 5.74) is 4.12. The Morgan fingerprint density at radius 2 is 1.89 bits per heavy atom. The highest BCUT2D eigenvalue weighted by Gasteiger charge is 2.05. The smallest absolute Gasteiger partial charge is 0.228 e. The van der Waals surface area contributed by atoms with Crippen LogP contribution in [0.15, 0.2) is 42.7 Å². The molecule has 1 aromatic carbocycles. The van der Waals surface area contributed by atoms with Crippen LogP contribution in [0.4, 0.5) is 5.69 Å². The lowest BCUT2D eigenvalue weighted by Gasteiger charge is -2.09. The number of aromatic nitrogens is 1. The molecule has 0 saturated carbocycles. The fraction of sp³-hybridized carbons (Fsp3) is 0.200. The van der Waals surface area contributed by atoms with Crippen LogP contribution < -0.4 is 5.32 Å². The van der Waals surface area contributed by atoms with Crippen molar-refractivity contribution < 1.29 is 4.79 Å². The average Bonchev–Trinajstić information content (AvgIpc) is 2.34. The number of nitrogens with one attached hydrogen (secondary N) is 1. The molecule has 0 atom stereocenters. The maximum absolute atomic E-state index is 11.9. The molecule has 2 rings (SSSR count). The first-order valence-electron chi connectivity index (χ1n) is 5.91. The van der Waals surface area contributed by atoms with E-state index in [9.17, 15) is 4.79 Å². The van der Waals surface area contributed by atoms with Crippen molar-refractivity contribution in [2.45, 2.75) is 20.3 Å². The van der Waals surface area contributed by atoms with E-state index < -0.39 is 0 Å². The SMILES string of the molecule is Cc1ccc(NC(=O)Cc2ccncc2)c(C)c1. The van der Waals surface area contributed by atoms with Gasteiger partial charge in [0.2, 0.25) is 5.91 Å². The van der Waals surface area contributed by atoms with Gasteiger partial charge < -0.3 is 5.32 Å². The summed E-state index contributed by atoms with van der Waals surface area (Å²) in [4.78, 5) is 15.8. The number of rotatable bonds is 3. The van der Waals surface area contributed by atoms with E-state index in [2.05, 4.69) is 16.4 Å². The van der Waals surface area contributed by atoms with E-state index in [1.807, 2.05) is 38.1 Å². The molecule has 0 aliphatic carbocycles. The molecule has 0 radical (unpaired) electrons. The maximum atomic E-state index is 11.9. The summed E-state index contributed by atoms with van der Waals surface area (Å²) in [6.07, 6.45) is 3.76. The summed E-state index contributed by atoms with van der Waals surface area (Å²) in [6.45, 7) is 4.03. The Morgan fingerprint density at radius 3 is 2.56 bits per heavy atom. The van der Waals surface area contributed by atoms with Crippen molar-refractivity contribution in [2.24, 2.45) is 0 Å². The van der Waals surface area contributed by atoms with Gasteiger partial charge in [-0.2, -0.15) is 0 Å². The summed E-state index contributed by atoms with van der Waals surface area (Å²) in [7, 11) is 0. The molecule has 18 heavy (non-hydrogen) atoms. The topological polar surface area (TPSA) is 42.0 Å². The minimum absolute atomic E-state index is 0.00634. The van der Waals surface area contributed by atoms with Crippen LogP contribution >= 0.6 is 0 Å². The van der Waals surface area contributed by atoms with Crippen molar-refractivity contribution in [3.8, 4) is 0 Å². The summed E-state index contributed by atoms with van der Waals surface area (Å²) in [5, 5.41) is 2.93. The van der Waals surface area contributed by atoms with Crippen molar-refractivity contribution in [3.05, 3.63) is 59.4 Å². The number of carbonyl (C=O) groups excluding carboxylic acids is 1. The predicted molar refractivity (Wildman–Crippen MR) is 72.5 cm³/mol. The lowest BCUT2D eigenvalue weighted by atomic mass is 10.1. The Morgan fingerprint density at radius 1 is 1.17 bits per heavy atom. The lowest BCUT2D eigenvalue weighted by Crippen LogP contribution is -2.15. The third kappa shape index (κ3) is 3.17. The van der Waals surface area contributed by atoms with Gasteiger partial charge >= 0.3 is 0 Å². The molecule has 0 unspecified atom stereocenters. The molecule has 92 valence electrons. The van der Waals surface area contributed by atoms with Crippen molar-refractivity contribution >= 4 is 11.6 Å². The molecule has 3 heteroatoms. The van der Waals surface area contributed by atoms with E-state index in [0.717, 1.165) is 16.8 Å². The molecule has 0 aliphatic rings. The zero-order valence-electron chi connectivity index (χ0n) is 10.6. The molecule has 0 bridgehead atoms. The largest absolute Gasteiger partial charge is 0.326 e. The van der Waals surface area contributed by atoms with Gasteiger partial charge in [-0.05, 0) is 43.2 Å². The zero-order chi connectivity index (χ0) is 13.0. The summed E-state index contributed by atoms with van der Waals surface area (Å²) in [5.74, 6) is -0.00634. The van der Waals surface area contributed by atoms with Crippen LogP contribution in [0.25, 0.3) is 0 Å². The second kappa shape index (κ2) is 5.45. The number of hydrogen-bond donors (Lipinski definition) is 1. The van der Waals surface area contributed by atoms with E-state index in [1.54, 1.807) is 12.4 Å². The number of pyridine rings is 1. The van der Waals surface area contributed by atoms with Gasteiger partial charge in [0.05, 0.1) is 6.42 Å². The van der Waals surface area contributed by atoms with Crippen LogP contribution in [0.5, 0.6) is 0 Å². The van der Waals surface area contributed by atoms with Crippen LogP contribution in [0.2, 0.25) is 0 Å². The van der Waals surface area contributed by atoms with Crippen molar-refractivity contribution in [3.63, 3.8) is 0 Å². The summed E-state index contributed by atoms with van der Waals surface area (Å²) in [6, 6.07) is 9.69. The minimum atomic E-state index is -0.00634. The first-order chi connectivity index (χ1) is 8.65. The van der Waals surface area contributed by atoms with Gasteiger partial charge in [-0.3, -0.25) is 9.78 Å². The molecule has 0 spiro atoms. The maximum Gasteiger partial charge on any atom is 0.228 e. The second-order valence-electron chi connectivity index (χ2n) is 4.40. The molecular formula is C15H16N2O. The zero-order valence-corrected chi connectivity index (χ0v) is 10.6. The number of aryl methyl sites for hydroxylation is 2. The Kier molecular flexibility index (Phi) is 3.72. The third-order valence-electron chi connectivity index (χ3n) is 2.77. The molecule has 0 fully saturated rings. The first kappa shape index (κ1) is 12.3. The second-order valence-corrected chi connectivity index (χ2v) is 4.40. The minimum Gasteiger partial charge on any atom is -0.326 e. The lowest BCUT2D eigenvalue weighted by molar-refractivity contribution is -0.115. The molecule has 0 aliphatic heterocycles. The number of carbonyl (C=O) groups is 1. The monoisotopic (exact) mass is 240 g/mol. The van der Waals surface area contributed by atoms with Crippen molar-refractivity contribution in [1.82, 2.24) is 4.98 Å². The number of nitrogens with zero attached hydrogens (tertiary/aromatic N) is 1. The predicted octanol–water partition coefficient (Wildman–Crippen LogP) is 2.88.